The number of ether oxygens (including phenoxy) is 1. The second-order valence-corrected chi connectivity index (χ2v) is 13.7. The van der Waals surface area contributed by atoms with Crippen molar-refractivity contribution in [1.82, 2.24) is 4.90 Å². The molecule has 0 fully saturated rings. The summed E-state index contributed by atoms with van der Waals surface area (Å²) in [5, 5.41) is 6.53. The highest BCUT2D eigenvalue weighted by molar-refractivity contribution is 6.43. The molecule has 6 aromatic carbocycles. The molecule has 2 heterocycles. The van der Waals surface area contributed by atoms with Crippen LogP contribution in [0.4, 0.5) is 5.69 Å². The van der Waals surface area contributed by atoms with E-state index >= 15 is 0 Å². The Hall–Kier alpha value is -5.30. The van der Waals surface area contributed by atoms with Crippen LogP contribution >= 0.6 is 0 Å². The van der Waals surface area contributed by atoms with Gasteiger partial charge in [0.1, 0.15) is 5.75 Å². The second-order valence-electron chi connectivity index (χ2n) is 13.7. The second kappa shape index (κ2) is 12.9. The molecule has 2 aliphatic heterocycles. The molecule has 0 bridgehead atoms. The highest BCUT2D eigenvalue weighted by Crippen LogP contribution is 2.46. The molecule has 0 saturated carbocycles. The number of methoxy groups -OCH3 is 1. The molecule has 0 atom stereocenters. The average molecular weight is 665 g/mol. The summed E-state index contributed by atoms with van der Waals surface area (Å²) in [5.41, 5.74) is 2.43. The highest BCUT2D eigenvalue weighted by atomic mass is 16.5. The lowest BCUT2D eigenvalue weighted by Crippen LogP contribution is -2.41. The summed E-state index contributed by atoms with van der Waals surface area (Å²) >= 11 is 0. The van der Waals surface area contributed by atoms with E-state index in [4.69, 9.17) is 4.74 Å². The van der Waals surface area contributed by atoms with Crippen molar-refractivity contribution in [2.45, 2.75) is 71.1 Å². The first kappa shape index (κ1) is 31.9. The summed E-state index contributed by atoms with van der Waals surface area (Å²) in [6.07, 6.45) is 11.9. The average Bonchev–Trinajstić information content (AvgIpc) is 3.14. The Morgan fingerprint density at radius 1 is 0.500 bits per heavy atom. The molecule has 6 aromatic rings. The summed E-state index contributed by atoms with van der Waals surface area (Å²) in [6, 6.07) is 22.0. The molecule has 4 amide bonds. The van der Waals surface area contributed by atoms with Gasteiger partial charge in [0.15, 0.2) is 0 Å². The monoisotopic (exact) mass is 664 g/mol. The number of unbranched alkanes of at least 4 members (excludes halogenated alkanes) is 9. The summed E-state index contributed by atoms with van der Waals surface area (Å²) in [5.74, 6) is -0.725. The predicted octanol–water partition coefficient (Wildman–Crippen LogP) is 10.1. The first-order valence-electron chi connectivity index (χ1n) is 18.0. The van der Waals surface area contributed by atoms with Crippen LogP contribution in [0.3, 0.4) is 0 Å². The van der Waals surface area contributed by atoms with Crippen LogP contribution in [0.15, 0.2) is 72.8 Å². The molecule has 0 aromatic heterocycles. The van der Waals surface area contributed by atoms with Crippen LogP contribution in [-0.2, 0) is 0 Å². The van der Waals surface area contributed by atoms with Crippen molar-refractivity contribution in [3.05, 3.63) is 95.1 Å². The summed E-state index contributed by atoms with van der Waals surface area (Å²) in [6.45, 7) is 2.65. The Morgan fingerprint density at radius 3 is 1.40 bits per heavy atom. The largest absolute Gasteiger partial charge is 0.497 e. The number of hydrogen-bond donors (Lipinski definition) is 0. The van der Waals surface area contributed by atoms with Gasteiger partial charge in [-0.15, -0.1) is 0 Å². The Bertz CT molecular complexity index is 2240. The molecular formula is C43H40N2O5. The first-order valence-corrected chi connectivity index (χ1v) is 18.0. The van der Waals surface area contributed by atoms with Gasteiger partial charge in [-0.3, -0.25) is 24.1 Å². The van der Waals surface area contributed by atoms with Gasteiger partial charge in [-0.1, -0.05) is 95.0 Å². The van der Waals surface area contributed by atoms with Crippen LogP contribution in [0.5, 0.6) is 5.75 Å². The van der Waals surface area contributed by atoms with E-state index in [1.54, 1.807) is 43.5 Å². The van der Waals surface area contributed by atoms with Crippen LogP contribution in [0.1, 0.15) is 113 Å². The molecule has 7 nitrogen and oxygen atoms in total. The fourth-order valence-electron chi connectivity index (χ4n) is 8.26. The number of carbonyl (C=O) groups excluding carboxylic acids is 4. The van der Waals surface area contributed by atoms with E-state index in [1.807, 2.05) is 36.4 Å². The molecule has 0 unspecified atom stereocenters. The quantitative estimate of drug-likeness (QED) is 0.0531. The first-order chi connectivity index (χ1) is 24.4. The van der Waals surface area contributed by atoms with E-state index in [2.05, 4.69) is 6.92 Å². The maximum atomic E-state index is 14.0. The fourth-order valence-corrected chi connectivity index (χ4v) is 8.26. The van der Waals surface area contributed by atoms with Crippen LogP contribution in [0, 0.1) is 0 Å². The van der Waals surface area contributed by atoms with Crippen molar-refractivity contribution in [3.63, 3.8) is 0 Å². The number of benzene rings is 6. The van der Waals surface area contributed by atoms with Crippen LogP contribution in [0.2, 0.25) is 0 Å². The zero-order valence-corrected chi connectivity index (χ0v) is 28.6. The summed E-state index contributed by atoms with van der Waals surface area (Å²) in [4.78, 5) is 58.4. The van der Waals surface area contributed by atoms with Crippen molar-refractivity contribution in [3.8, 4) is 5.75 Å². The normalized spacial score (nSPS) is 14.4. The standard InChI is InChI=1S/C43H40N2O5/c1-3-4-5-6-7-8-9-10-11-12-24-44-40(46)32-20-16-28-30-18-22-34-39-35(43(49)45(42(34)48)26-14-13-15-27(25-26)50-2)23-19-31(37(30)39)29-17-21-33(41(44)47)38(32)36(28)29/h13-23,25H,3-12,24H2,1-2H3. The third kappa shape index (κ3) is 4.93. The Kier molecular flexibility index (Phi) is 8.22. The Balaban J connectivity index is 1.13. The van der Waals surface area contributed by atoms with Crippen molar-refractivity contribution in [1.29, 1.82) is 0 Å². The molecular weight excluding hydrogens is 624 g/mol. The SMILES string of the molecule is CCCCCCCCCCCCN1C(=O)c2ccc3c4ccc5c6c(ccc(c7ccc(c2c37)C1=O)c64)C(=O)N(c1cccc(OC)c1)C5=O. The van der Waals surface area contributed by atoms with E-state index in [1.165, 1.54) is 54.7 Å². The topological polar surface area (TPSA) is 84.0 Å². The summed E-state index contributed by atoms with van der Waals surface area (Å²) in [7, 11) is 1.55. The highest BCUT2D eigenvalue weighted by Gasteiger charge is 2.37. The van der Waals surface area contributed by atoms with Crippen LogP contribution in [0.25, 0.3) is 43.1 Å². The fraction of sp³-hybridized carbons (Fsp3) is 0.302. The van der Waals surface area contributed by atoms with E-state index in [0.717, 1.165) is 51.6 Å². The number of hydrogen-bond acceptors (Lipinski definition) is 5. The molecule has 7 heteroatoms. The van der Waals surface area contributed by atoms with Crippen molar-refractivity contribution in [2.75, 3.05) is 18.6 Å². The molecule has 0 N–H and O–H groups in total. The van der Waals surface area contributed by atoms with Gasteiger partial charge >= 0.3 is 0 Å². The maximum absolute atomic E-state index is 14.0. The maximum Gasteiger partial charge on any atom is 0.265 e. The summed E-state index contributed by atoms with van der Waals surface area (Å²) < 4.78 is 5.36. The Morgan fingerprint density at radius 2 is 0.940 bits per heavy atom. The zero-order valence-electron chi connectivity index (χ0n) is 28.6. The molecule has 0 aliphatic carbocycles. The third-order valence-corrected chi connectivity index (χ3v) is 10.8. The number of carbonyl (C=O) groups is 4. The lowest BCUT2D eigenvalue weighted by molar-refractivity contribution is 0.0607. The minimum Gasteiger partial charge on any atom is -0.497 e. The number of amides is 4. The minimum absolute atomic E-state index is 0.244. The van der Waals surface area contributed by atoms with E-state index < -0.39 is 11.8 Å². The number of imide groups is 2. The zero-order chi connectivity index (χ0) is 34.5. The van der Waals surface area contributed by atoms with Gasteiger partial charge in [-0.05, 0) is 75.1 Å². The van der Waals surface area contributed by atoms with Crippen molar-refractivity contribution < 1.29 is 23.9 Å². The lowest BCUT2D eigenvalue weighted by atomic mass is 9.82. The van der Waals surface area contributed by atoms with Crippen LogP contribution in [-0.4, -0.2) is 42.2 Å². The number of anilines is 1. The van der Waals surface area contributed by atoms with Gasteiger partial charge in [-0.2, -0.15) is 0 Å². The van der Waals surface area contributed by atoms with Gasteiger partial charge in [0, 0.05) is 45.6 Å². The van der Waals surface area contributed by atoms with Gasteiger partial charge in [0.2, 0.25) is 0 Å². The van der Waals surface area contributed by atoms with E-state index in [9.17, 15) is 19.2 Å². The molecule has 0 radical (unpaired) electrons. The van der Waals surface area contributed by atoms with E-state index in [-0.39, 0.29) is 11.8 Å². The van der Waals surface area contributed by atoms with E-state index in [0.29, 0.717) is 51.0 Å². The number of rotatable bonds is 13. The molecule has 0 spiro atoms. The van der Waals surface area contributed by atoms with Gasteiger partial charge < -0.3 is 4.74 Å². The molecule has 50 heavy (non-hydrogen) atoms. The van der Waals surface area contributed by atoms with Gasteiger partial charge in [-0.25, -0.2) is 4.90 Å². The van der Waals surface area contributed by atoms with Crippen molar-refractivity contribution in [2.24, 2.45) is 0 Å². The molecule has 252 valence electrons. The molecule has 8 rings (SSSR count). The van der Waals surface area contributed by atoms with Gasteiger partial charge in [0.05, 0.1) is 12.8 Å². The minimum atomic E-state index is -0.394. The predicted molar refractivity (Wildman–Crippen MR) is 199 cm³/mol. The van der Waals surface area contributed by atoms with Gasteiger partial charge in [0.25, 0.3) is 23.6 Å². The molecule has 0 saturated heterocycles. The van der Waals surface area contributed by atoms with Crippen LogP contribution < -0.4 is 9.64 Å². The number of nitrogens with zero attached hydrogens (tertiary/aromatic N) is 2. The smallest absolute Gasteiger partial charge is 0.265 e. The molecule has 2 aliphatic rings. The van der Waals surface area contributed by atoms with Crippen molar-refractivity contribution >= 4 is 72.4 Å². The number of fused-ring (bicyclic) bond motifs is 2. The lowest BCUT2D eigenvalue weighted by Gasteiger charge is -2.30. The third-order valence-electron chi connectivity index (χ3n) is 10.8. The Labute approximate surface area is 291 Å².